The van der Waals surface area contributed by atoms with Crippen molar-refractivity contribution in [3.05, 3.63) is 41.7 Å². The Morgan fingerprint density at radius 1 is 1.29 bits per heavy atom. The molecule has 3 rings (SSSR count). The minimum absolute atomic E-state index is 0.421. The molecule has 0 aliphatic carbocycles. The van der Waals surface area contributed by atoms with Gasteiger partial charge in [-0.1, -0.05) is 6.07 Å². The number of nitrogens with two attached hydrogens (primary N) is 1. The smallest absolute Gasteiger partial charge is 0.163 e. The number of benzene rings is 1. The molecule has 0 radical (unpaired) electrons. The molecule has 1 aromatic carbocycles. The highest BCUT2D eigenvalue weighted by atomic mass is 32.1. The predicted molar refractivity (Wildman–Crippen MR) is 70.0 cm³/mol. The fourth-order valence-corrected chi connectivity index (χ4v) is 2.65. The molecule has 2 aromatic heterocycles. The number of nitrogens with zero attached hydrogens (tertiary/aromatic N) is 1. The topological polar surface area (TPSA) is 52.0 Å². The lowest BCUT2D eigenvalue weighted by molar-refractivity contribution is 0.525. The third kappa shape index (κ3) is 1.85. The fraction of sp³-hybridized carbons (Fsp3) is 0.154. The van der Waals surface area contributed by atoms with E-state index in [0.29, 0.717) is 6.54 Å². The second-order valence-corrected chi connectivity index (χ2v) is 4.99. The predicted octanol–water partition coefficient (Wildman–Crippen LogP) is 3.32. The summed E-state index contributed by atoms with van der Waals surface area (Å²) in [6.45, 7) is 2.49. The average molecular weight is 244 g/mol. The monoisotopic (exact) mass is 244 g/mol. The van der Waals surface area contributed by atoms with Gasteiger partial charge in [0.25, 0.3) is 0 Å². The van der Waals surface area contributed by atoms with E-state index < -0.39 is 0 Å². The SMILES string of the molecule is Cc1ccc2sc(-c3ccc(CN)o3)nc2c1. The van der Waals surface area contributed by atoms with Crippen LogP contribution in [0, 0.1) is 6.92 Å². The maximum Gasteiger partial charge on any atom is 0.163 e. The van der Waals surface area contributed by atoms with Crippen LogP contribution in [0.4, 0.5) is 0 Å². The summed E-state index contributed by atoms with van der Waals surface area (Å²) >= 11 is 1.64. The van der Waals surface area contributed by atoms with Crippen LogP contribution >= 0.6 is 11.3 Å². The summed E-state index contributed by atoms with van der Waals surface area (Å²) in [4.78, 5) is 4.58. The standard InChI is InChI=1S/C13H12N2OS/c1-8-2-5-12-10(6-8)15-13(17-12)11-4-3-9(7-14)16-11/h2-6H,7,14H2,1H3. The summed E-state index contributed by atoms with van der Waals surface area (Å²) in [7, 11) is 0. The molecule has 0 amide bonds. The molecule has 3 aromatic rings. The van der Waals surface area contributed by atoms with Crippen LogP contribution in [0.5, 0.6) is 0 Å². The highest BCUT2D eigenvalue weighted by Crippen LogP contribution is 2.31. The molecule has 4 heteroatoms. The van der Waals surface area contributed by atoms with Gasteiger partial charge in [0.2, 0.25) is 0 Å². The third-order valence-electron chi connectivity index (χ3n) is 2.62. The minimum Gasteiger partial charge on any atom is -0.457 e. The van der Waals surface area contributed by atoms with E-state index >= 15 is 0 Å². The van der Waals surface area contributed by atoms with Crippen LogP contribution in [0.3, 0.4) is 0 Å². The Morgan fingerprint density at radius 2 is 2.18 bits per heavy atom. The van der Waals surface area contributed by atoms with E-state index in [0.717, 1.165) is 22.0 Å². The molecular weight excluding hydrogens is 232 g/mol. The molecule has 0 aliphatic heterocycles. The zero-order valence-corrected chi connectivity index (χ0v) is 10.3. The number of hydrogen-bond donors (Lipinski definition) is 1. The summed E-state index contributed by atoms with van der Waals surface area (Å²) in [5.74, 6) is 1.58. The van der Waals surface area contributed by atoms with E-state index in [1.807, 2.05) is 12.1 Å². The number of aromatic nitrogens is 1. The Labute approximate surface area is 103 Å². The second-order valence-electron chi connectivity index (χ2n) is 3.96. The Morgan fingerprint density at radius 3 is 2.94 bits per heavy atom. The quantitative estimate of drug-likeness (QED) is 0.752. The number of rotatable bonds is 2. The first-order chi connectivity index (χ1) is 8.26. The van der Waals surface area contributed by atoms with Gasteiger partial charge in [-0.25, -0.2) is 4.98 Å². The average Bonchev–Trinajstić information content (AvgIpc) is 2.93. The van der Waals surface area contributed by atoms with E-state index in [1.54, 1.807) is 11.3 Å². The van der Waals surface area contributed by atoms with Crippen molar-refractivity contribution in [1.29, 1.82) is 0 Å². The zero-order valence-electron chi connectivity index (χ0n) is 9.43. The van der Waals surface area contributed by atoms with Crippen molar-refractivity contribution in [2.24, 2.45) is 5.73 Å². The van der Waals surface area contributed by atoms with Crippen LogP contribution in [0.25, 0.3) is 21.0 Å². The summed E-state index contributed by atoms with van der Waals surface area (Å²) in [6, 6.07) is 10.1. The maximum atomic E-state index is 5.60. The van der Waals surface area contributed by atoms with Gasteiger partial charge in [0.05, 0.1) is 16.8 Å². The largest absolute Gasteiger partial charge is 0.457 e. The van der Waals surface area contributed by atoms with Gasteiger partial charge in [-0.3, -0.25) is 0 Å². The Bertz CT molecular complexity index is 669. The summed E-state index contributed by atoms with van der Waals surface area (Å²) < 4.78 is 6.78. The van der Waals surface area contributed by atoms with Gasteiger partial charge in [0, 0.05) is 0 Å². The number of aryl methyl sites for hydroxylation is 1. The highest BCUT2D eigenvalue weighted by molar-refractivity contribution is 7.21. The molecule has 0 unspecified atom stereocenters. The van der Waals surface area contributed by atoms with Gasteiger partial charge in [-0.2, -0.15) is 0 Å². The lowest BCUT2D eigenvalue weighted by atomic mass is 10.2. The molecule has 0 saturated heterocycles. The van der Waals surface area contributed by atoms with E-state index in [-0.39, 0.29) is 0 Å². The summed E-state index contributed by atoms with van der Waals surface area (Å²) in [5, 5.41) is 0.908. The van der Waals surface area contributed by atoms with Crippen LogP contribution < -0.4 is 5.73 Å². The minimum atomic E-state index is 0.421. The molecule has 2 heterocycles. The van der Waals surface area contributed by atoms with Gasteiger partial charge in [0.15, 0.2) is 10.8 Å². The van der Waals surface area contributed by atoms with Crippen molar-refractivity contribution >= 4 is 21.6 Å². The summed E-state index contributed by atoms with van der Waals surface area (Å²) in [5.41, 5.74) is 7.77. The Kier molecular flexibility index (Phi) is 2.46. The molecule has 0 aliphatic rings. The molecule has 0 bridgehead atoms. The molecule has 86 valence electrons. The number of hydrogen-bond acceptors (Lipinski definition) is 4. The van der Waals surface area contributed by atoms with Crippen LogP contribution in [0.1, 0.15) is 11.3 Å². The van der Waals surface area contributed by atoms with Crippen LogP contribution in [-0.2, 0) is 6.54 Å². The number of fused-ring (bicyclic) bond motifs is 1. The first-order valence-corrected chi connectivity index (χ1v) is 6.24. The maximum absolute atomic E-state index is 5.60. The molecule has 0 spiro atoms. The van der Waals surface area contributed by atoms with Crippen LogP contribution in [-0.4, -0.2) is 4.98 Å². The molecular formula is C13H12N2OS. The normalized spacial score (nSPS) is 11.2. The van der Waals surface area contributed by atoms with Crippen molar-refractivity contribution in [3.63, 3.8) is 0 Å². The van der Waals surface area contributed by atoms with Gasteiger partial charge in [-0.15, -0.1) is 11.3 Å². The fourth-order valence-electron chi connectivity index (χ4n) is 1.75. The van der Waals surface area contributed by atoms with Gasteiger partial charge >= 0.3 is 0 Å². The summed E-state index contributed by atoms with van der Waals surface area (Å²) in [6.07, 6.45) is 0. The van der Waals surface area contributed by atoms with Crippen molar-refractivity contribution < 1.29 is 4.42 Å². The number of furan rings is 1. The third-order valence-corrected chi connectivity index (χ3v) is 3.67. The Hall–Kier alpha value is -1.65. The molecule has 0 atom stereocenters. The van der Waals surface area contributed by atoms with Gasteiger partial charge in [-0.05, 0) is 36.8 Å². The van der Waals surface area contributed by atoms with Crippen molar-refractivity contribution in [2.45, 2.75) is 13.5 Å². The van der Waals surface area contributed by atoms with E-state index in [1.165, 1.54) is 10.3 Å². The number of thiazole rings is 1. The molecule has 17 heavy (non-hydrogen) atoms. The van der Waals surface area contributed by atoms with E-state index in [9.17, 15) is 0 Å². The van der Waals surface area contributed by atoms with E-state index in [4.69, 9.17) is 10.2 Å². The first-order valence-electron chi connectivity index (χ1n) is 5.42. The van der Waals surface area contributed by atoms with E-state index in [2.05, 4.69) is 30.1 Å². The van der Waals surface area contributed by atoms with Gasteiger partial charge in [0.1, 0.15) is 5.76 Å². The van der Waals surface area contributed by atoms with Crippen molar-refractivity contribution in [1.82, 2.24) is 4.98 Å². The van der Waals surface area contributed by atoms with Crippen LogP contribution in [0.2, 0.25) is 0 Å². The zero-order chi connectivity index (χ0) is 11.8. The first kappa shape index (κ1) is 10.5. The molecule has 0 saturated carbocycles. The highest BCUT2D eigenvalue weighted by Gasteiger charge is 2.09. The lowest BCUT2D eigenvalue weighted by Gasteiger charge is -1.89. The van der Waals surface area contributed by atoms with Crippen molar-refractivity contribution in [3.8, 4) is 10.8 Å². The second kappa shape index (κ2) is 3.98. The van der Waals surface area contributed by atoms with Crippen molar-refractivity contribution in [2.75, 3.05) is 0 Å². The Balaban J connectivity index is 2.11. The molecule has 0 fully saturated rings. The van der Waals surface area contributed by atoms with Crippen LogP contribution in [0.15, 0.2) is 34.7 Å². The molecule has 3 nitrogen and oxygen atoms in total. The van der Waals surface area contributed by atoms with Gasteiger partial charge < -0.3 is 10.2 Å². The molecule has 2 N–H and O–H groups in total. The lowest BCUT2D eigenvalue weighted by Crippen LogP contribution is -1.92.